The predicted molar refractivity (Wildman–Crippen MR) is 112 cm³/mol. The average molecular weight is 423 g/mol. The van der Waals surface area contributed by atoms with Gasteiger partial charge in [0, 0.05) is 22.6 Å². The molecule has 0 radical (unpaired) electrons. The monoisotopic (exact) mass is 423 g/mol. The van der Waals surface area contributed by atoms with Crippen molar-refractivity contribution in [2.45, 2.75) is 39.5 Å². The summed E-state index contributed by atoms with van der Waals surface area (Å²) in [5, 5.41) is 14.5. The second-order valence-electron chi connectivity index (χ2n) is 8.00. The van der Waals surface area contributed by atoms with E-state index in [0.29, 0.717) is 35.4 Å². The van der Waals surface area contributed by atoms with Crippen LogP contribution in [0.25, 0.3) is 22.3 Å². The molecule has 7 nitrogen and oxygen atoms in total. The first-order valence-corrected chi connectivity index (χ1v) is 10.3. The van der Waals surface area contributed by atoms with Gasteiger partial charge in [-0.15, -0.1) is 0 Å². The van der Waals surface area contributed by atoms with Gasteiger partial charge in [0.15, 0.2) is 6.10 Å². The van der Waals surface area contributed by atoms with Crippen molar-refractivity contribution >= 4 is 16.9 Å². The van der Waals surface area contributed by atoms with E-state index in [-0.39, 0.29) is 29.1 Å². The zero-order valence-electron chi connectivity index (χ0n) is 17.3. The summed E-state index contributed by atoms with van der Waals surface area (Å²) < 4.78 is 20.9. The number of aryl methyl sites for hydroxylation is 1. The summed E-state index contributed by atoms with van der Waals surface area (Å²) in [5.74, 6) is -1.11. The van der Waals surface area contributed by atoms with Crippen LogP contribution < -0.4 is 10.9 Å². The molecule has 5 rings (SSSR count). The molecule has 4 heterocycles. The number of nitrogens with zero attached hydrogens (tertiary/aromatic N) is 2. The molecule has 31 heavy (non-hydrogen) atoms. The van der Waals surface area contributed by atoms with Gasteiger partial charge in [-0.1, -0.05) is 6.92 Å². The lowest BCUT2D eigenvalue weighted by Gasteiger charge is -2.21. The summed E-state index contributed by atoms with van der Waals surface area (Å²) in [6.07, 6.45) is -0.799. The van der Waals surface area contributed by atoms with E-state index in [1.165, 1.54) is 6.07 Å². The predicted octanol–water partition coefficient (Wildman–Crippen LogP) is 2.11. The van der Waals surface area contributed by atoms with Crippen LogP contribution in [0.3, 0.4) is 0 Å². The molecule has 3 aromatic rings. The quantitative estimate of drug-likeness (QED) is 0.386. The Morgan fingerprint density at radius 1 is 1.29 bits per heavy atom. The Hall–Kier alpha value is -3.10. The minimum absolute atomic E-state index is 0.159. The first-order chi connectivity index (χ1) is 14.9. The van der Waals surface area contributed by atoms with Crippen LogP contribution in [0, 0.1) is 12.7 Å². The zero-order chi connectivity index (χ0) is 21.9. The van der Waals surface area contributed by atoms with Crippen LogP contribution in [0.5, 0.6) is 0 Å². The van der Waals surface area contributed by atoms with Crippen molar-refractivity contribution in [3.63, 3.8) is 0 Å². The molecule has 2 aliphatic rings. The van der Waals surface area contributed by atoms with Gasteiger partial charge in [0.25, 0.3) is 5.56 Å². The summed E-state index contributed by atoms with van der Waals surface area (Å²) in [6.45, 7) is 5.50. The molecule has 1 aromatic carbocycles. The molecular formula is C23H22FN3O4. The fourth-order valence-electron chi connectivity index (χ4n) is 4.51. The van der Waals surface area contributed by atoms with Gasteiger partial charge in [-0.25, -0.2) is 14.2 Å². The van der Waals surface area contributed by atoms with E-state index in [0.717, 1.165) is 29.6 Å². The molecular weight excluding hydrogens is 401 g/mol. The van der Waals surface area contributed by atoms with E-state index in [9.17, 15) is 19.1 Å². The number of rotatable bonds is 4. The number of hydrogen-bond donors (Lipinski definition) is 2. The van der Waals surface area contributed by atoms with Crippen LogP contribution in [0.15, 0.2) is 23.0 Å². The van der Waals surface area contributed by atoms with Crippen LogP contribution in [0.2, 0.25) is 0 Å². The van der Waals surface area contributed by atoms with E-state index in [4.69, 9.17) is 9.72 Å². The molecule has 0 spiro atoms. The van der Waals surface area contributed by atoms with Gasteiger partial charge in [0.05, 0.1) is 29.0 Å². The minimum atomic E-state index is -1.50. The standard InChI is InChI=1S/C23H22FN3O4/c1-3-25-5-4-12-13-6-11(2)17(24)8-18(13)26-20-15(12)9-27-19(20)7-14-16(22(27)29)10-31-23(30)21(14)28/h6-8,21,25,28H,3-5,9-10H2,1-2H3/t21-/m0/s1. The fraction of sp³-hybridized carbons (Fsp3) is 0.348. The number of aliphatic hydroxyl groups is 1. The number of fused-ring (bicyclic) bond motifs is 5. The summed E-state index contributed by atoms with van der Waals surface area (Å²) in [4.78, 5) is 29.7. The Balaban J connectivity index is 1.76. The third-order valence-electron chi connectivity index (χ3n) is 6.16. The molecule has 2 aliphatic heterocycles. The lowest BCUT2D eigenvalue weighted by molar-refractivity contribution is -0.157. The Morgan fingerprint density at radius 2 is 2.10 bits per heavy atom. The van der Waals surface area contributed by atoms with Crippen LogP contribution in [0.1, 0.15) is 40.8 Å². The van der Waals surface area contributed by atoms with Crippen molar-refractivity contribution in [2.75, 3.05) is 13.1 Å². The molecule has 160 valence electrons. The number of esters is 1. The van der Waals surface area contributed by atoms with E-state index in [1.807, 2.05) is 13.0 Å². The Labute approximate surface area is 177 Å². The molecule has 0 saturated carbocycles. The maximum absolute atomic E-state index is 14.3. The van der Waals surface area contributed by atoms with Crippen LogP contribution in [-0.4, -0.2) is 33.7 Å². The van der Waals surface area contributed by atoms with Crippen molar-refractivity contribution < 1.29 is 19.0 Å². The van der Waals surface area contributed by atoms with Gasteiger partial charge >= 0.3 is 5.97 Å². The summed E-state index contributed by atoms with van der Waals surface area (Å²) >= 11 is 0. The van der Waals surface area contributed by atoms with E-state index in [1.54, 1.807) is 17.6 Å². The normalized spacial score (nSPS) is 16.8. The molecule has 0 fully saturated rings. The smallest absolute Gasteiger partial charge is 0.340 e. The molecule has 0 unspecified atom stereocenters. The van der Waals surface area contributed by atoms with Crippen LogP contribution in [0.4, 0.5) is 4.39 Å². The van der Waals surface area contributed by atoms with E-state index in [2.05, 4.69) is 5.32 Å². The fourth-order valence-corrected chi connectivity index (χ4v) is 4.51. The molecule has 1 atom stereocenters. The van der Waals surface area contributed by atoms with E-state index >= 15 is 0 Å². The molecule has 0 bridgehead atoms. The summed E-state index contributed by atoms with van der Waals surface area (Å²) in [6, 6.07) is 4.88. The van der Waals surface area contributed by atoms with Gasteiger partial charge in [-0.2, -0.15) is 0 Å². The Kier molecular flexibility index (Phi) is 4.64. The summed E-state index contributed by atoms with van der Waals surface area (Å²) in [7, 11) is 0. The van der Waals surface area contributed by atoms with Crippen molar-refractivity contribution in [2.24, 2.45) is 0 Å². The maximum atomic E-state index is 14.3. The number of ether oxygens (including phenoxy) is 1. The highest BCUT2D eigenvalue weighted by molar-refractivity contribution is 5.89. The minimum Gasteiger partial charge on any atom is -0.458 e. The molecule has 0 amide bonds. The third-order valence-corrected chi connectivity index (χ3v) is 6.16. The molecule has 2 N–H and O–H groups in total. The SMILES string of the molecule is CCNCCc1c2c(nc3cc(F)c(C)cc13)-c1cc3c(c(=O)n1C2)COC(=O)[C@H]3O. The topological polar surface area (TPSA) is 93.5 Å². The number of carbonyl (C=O) groups excluding carboxylic acids is 1. The first-order valence-electron chi connectivity index (χ1n) is 10.3. The van der Waals surface area contributed by atoms with Crippen molar-refractivity contribution in [1.82, 2.24) is 14.9 Å². The third kappa shape index (κ3) is 2.97. The number of hydrogen-bond acceptors (Lipinski definition) is 6. The number of halogens is 1. The number of benzene rings is 1. The number of likely N-dealkylation sites (N-methyl/N-ethyl adjacent to an activating group) is 1. The Bertz CT molecular complexity index is 1310. The van der Waals surface area contributed by atoms with Crippen LogP contribution in [-0.2, 0) is 29.1 Å². The second kappa shape index (κ2) is 7.25. The number of pyridine rings is 2. The second-order valence-corrected chi connectivity index (χ2v) is 8.00. The number of carbonyl (C=O) groups is 1. The number of aliphatic hydroxyl groups excluding tert-OH is 1. The highest BCUT2D eigenvalue weighted by Gasteiger charge is 2.34. The largest absolute Gasteiger partial charge is 0.458 e. The van der Waals surface area contributed by atoms with Crippen molar-refractivity contribution in [3.8, 4) is 11.4 Å². The Morgan fingerprint density at radius 3 is 2.87 bits per heavy atom. The summed E-state index contributed by atoms with van der Waals surface area (Å²) in [5.41, 5.74) is 4.36. The zero-order valence-corrected chi connectivity index (χ0v) is 17.3. The highest BCUT2D eigenvalue weighted by atomic mass is 19.1. The number of cyclic esters (lactones) is 1. The number of aromatic nitrogens is 2. The van der Waals surface area contributed by atoms with Crippen molar-refractivity contribution in [3.05, 3.63) is 62.2 Å². The molecule has 0 aliphatic carbocycles. The first kappa shape index (κ1) is 19.8. The maximum Gasteiger partial charge on any atom is 0.340 e. The molecule has 2 aromatic heterocycles. The van der Waals surface area contributed by atoms with Gasteiger partial charge in [0.1, 0.15) is 12.4 Å². The lowest BCUT2D eigenvalue weighted by atomic mass is 9.96. The highest BCUT2D eigenvalue weighted by Crippen LogP contribution is 2.38. The van der Waals surface area contributed by atoms with Gasteiger partial charge in [-0.05, 0) is 49.7 Å². The number of nitrogens with one attached hydrogen (secondary N) is 1. The van der Waals surface area contributed by atoms with E-state index < -0.39 is 12.1 Å². The van der Waals surface area contributed by atoms with Gasteiger partial charge in [0.2, 0.25) is 0 Å². The molecule has 0 saturated heterocycles. The lowest BCUT2D eigenvalue weighted by Crippen LogP contribution is -2.32. The average Bonchev–Trinajstić information content (AvgIpc) is 3.11. The molecule has 8 heteroatoms. The van der Waals surface area contributed by atoms with Crippen molar-refractivity contribution in [1.29, 1.82) is 0 Å². The van der Waals surface area contributed by atoms with Crippen LogP contribution >= 0.6 is 0 Å². The van der Waals surface area contributed by atoms with Gasteiger partial charge in [-0.3, -0.25) is 4.79 Å². The van der Waals surface area contributed by atoms with Gasteiger partial charge < -0.3 is 19.7 Å².